The Morgan fingerprint density at radius 2 is 1.32 bits per heavy atom. The third-order valence-corrected chi connectivity index (χ3v) is 3.59. The number of halogens is 1. The molecule has 0 aliphatic heterocycles. The van der Waals surface area contributed by atoms with Crippen molar-refractivity contribution >= 4 is 11.6 Å². The largest absolute Gasteiger partial charge is 0.382 e. The monoisotopic (exact) mass is 320 g/mol. The molecule has 0 aromatic heterocycles. The van der Waals surface area contributed by atoms with Crippen molar-refractivity contribution in [3.8, 4) is 0 Å². The third-order valence-electron chi connectivity index (χ3n) is 3.18. The van der Waals surface area contributed by atoms with Gasteiger partial charge in [-0.15, -0.1) is 0 Å². The summed E-state index contributed by atoms with van der Waals surface area (Å²) >= 11 is 6.31. The van der Waals surface area contributed by atoms with Crippen LogP contribution < -0.4 is 0 Å². The minimum Gasteiger partial charge on any atom is -0.382 e. The molecule has 22 heavy (non-hydrogen) atoms. The molecule has 118 valence electrons. The average Bonchev–Trinajstić information content (AvgIpc) is 2.58. The smallest absolute Gasteiger partial charge is 0.159 e. The highest BCUT2D eigenvalue weighted by atomic mass is 35.5. The maximum absolute atomic E-state index is 6.31. The molecule has 0 saturated heterocycles. The molecule has 0 N–H and O–H groups in total. The molecule has 2 atom stereocenters. The zero-order valence-corrected chi connectivity index (χ0v) is 13.4. The van der Waals surface area contributed by atoms with Gasteiger partial charge in [0.25, 0.3) is 0 Å². The van der Waals surface area contributed by atoms with E-state index in [1.165, 1.54) is 0 Å². The lowest BCUT2D eigenvalue weighted by Crippen LogP contribution is -2.31. The van der Waals surface area contributed by atoms with Gasteiger partial charge in [0, 0.05) is 7.11 Å². The topological polar surface area (TPSA) is 27.7 Å². The summed E-state index contributed by atoms with van der Waals surface area (Å²) < 4.78 is 16.7. The molecule has 2 aromatic carbocycles. The van der Waals surface area contributed by atoms with Crippen LogP contribution >= 0.6 is 11.6 Å². The summed E-state index contributed by atoms with van der Waals surface area (Å²) in [6.45, 7) is 1.31. The highest BCUT2D eigenvalue weighted by molar-refractivity contribution is 6.20. The maximum Gasteiger partial charge on any atom is 0.159 e. The lowest BCUT2D eigenvalue weighted by atomic mass is 10.2. The number of ether oxygens (including phenoxy) is 3. The standard InChI is InChI=1S/C18H21ClO3/c1-20-14-17(21-12-15-8-4-2-5-9-15)18(19)22-13-16-10-6-3-7-11-16/h2-11,17-18H,12-14H2,1H3. The lowest BCUT2D eigenvalue weighted by molar-refractivity contribution is -0.0786. The molecule has 0 radical (unpaired) electrons. The summed E-state index contributed by atoms with van der Waals surface area (Å²) in [5, 5.41) is 0. The Morgan fingerprint density at radius 1 is 0.818 bits per heavy atom. The molecular formula is C18H21ClO3. The lowest BCUT2D eigenvalue weighted by Gasteiger charge is -2.22. The van der Waals surface area contributed by atoms with Crippen LogP contribution in [0.4, 0.5) is 0 Å². The van der Waals surface area contributed by atoms with E-state index in [9.17, 15) is 0 Å². The second-order valence-corrected chi connectivity index (χ2v) is 5.37. The van der Waals surface area contributed by atoms with Gasteiger partial charge in [-0.05, 0) is 11.1 Å². The van der Waals surface area contributed by atoms with Gasteiger partial charge >= 0.3 is 0 Å². The molecule has 3 nitrogen and oxygen atoms in total. The number of methoxy groups -OCH3 is 1. The Balaban J connectivity index is 1.83. The second kappa shape index (κ2) is 9.59. The van der Waals surface area contributed by atoms with Crippen molar-refractivity contribution in [2.75, 3.05) is 13.7 Å². The molecule has 0 aliphatic rings. The van der Waals surface area contributed by atoms with E-state index >= 15 is 0 Å². The van der Waals surface area contributed by atoms with E-state index < -0.39 is 5.56 Å². The van der Waals surface area contributed by atoms with E-state index in [0.29, 0.717) is 19.8 Å². The number of alkyl halides is 1. The number of hydrogen-bond donors (Lipinski definition) is 0. The van der Waals surface area contributed by atoms with Crippen LogP contribution in [0.15, 0.2) is 60.7 Å². The van der Waals surface area contributed by atoms with Crippen molar-refractivity contribution in [2.24, 2.45) is 0 Å². The summed E-state index contributed by atoms with van der Waals surface area (Å²) in [4.78, 5) is 0. The first-order chi connectivity index (χ1) is 10.8. The van der Waals surface area contributed by atoms with Gasteiger partial charge in [0.1, 0.15) is 6.10 Å². The SMILES string of the molecule is COCC(OCc1ccccc1)C(Cl)OCc1ccccc1. The Hall–Kier alpha value is -1.39. The first-order valence-corrected chi connectivity index (χ1v) is 7.67. The first-order valence-electron chi connectivity index (χ1n) is 7.23. The van der Waals surface area contributed by atoms with Crippen molar-refractivity contribution in [3.63, 3.8) is 0 Å². The molecule has 0 bridgehead atoms. The molecule has 0 aliphatic carbocycles. The molecule has 0 spiro atoms. The third kappa shape index (κ3) is 5.78. The molecule has 0 heterocycles. The summed E-state index contributed by atoms with van der Waals surface area (Å²) in [6, 6.07) is 19.9. The van der Waals surface area contributed by atoms with Crippen LogP contribution in [0.25, 0.3) is 0 Å². The van der Waals surface area contributed by atoms with Gasteiger partial charge in [0.2, 0.25) is 0 Å². The quantitative estimate of drug-likeness (QED) is 0.654. The van der Waals surface area contributed by atoms with E-state index in [-0.39, 0.29) is 6.10 Å². The van der Waals surface area contributed by atoms with Crippen LogP contribution in [-0.2, 0) is 27.4 Å². The Morgan fingerprint density at radius 3 is 1.82 bits per heavy atom. The molecule has 4 heteroatoms. The number of hydrogen-bond acceptors (Lipinski definition) is 3. The maximum atomic E-state index is 6.31. The van der Waals surface area contributed by atoms with Crippen molar-refractivity contribution in [2.45, 2.75) is 24.9 Å². The van der Waals surface area contributed by atoms with Crippen LogP contribution in [0.5, 0.6) is 0 Å². The molecular weight excluding hydrogens is 300 g/mol. The molecule has 2 aromatic rings. The molecule has 0 fully saturated rings. The zero-order valence-electron chi connectivity index (χ0n) is 12.7. The van der Waals surface area contributed by atoms with Crippen molar-refractivity contribution in [1.29, 1.82) is 0 Å². The van der Waals surface area contributed by atoms with E-state index in [1.807, 2.05) is 60.7 Å². The summed E-state index contributed by atoms with van der Waals surface area (Å²) in [6.07, 6.45) is -0.324. The van der Waals surface area contributed by atoms with Crippen molar-refractivity contribution < 1.29 is 14.2 Å². The molecule has 0 saturated carbocycles. The van der Waals surface area contributed by atoms with Crippen LogP contribution in [0.2, 0.25) is 0 Å². The fraction of sp³-hybridized carbons (Fsp3) is 0.333. The highest BCUT2D eigenvalue weighted by Crippen LogP contribution is 2.15. The first kappa shape index (κ1) is 17.0. The molecule has 0 amide bonds. The van der Waals surface area contributed by atoms with Crippen LogP contribution in [-0.4, -0.2) is 25.4 Å². The molecule has 2 rings (SSSR count). The van der Waals surface area contributed by atoms with E-state index in [2.05, 4.69) is 0 Å². The van der Waals surface area contributed by atoms with Crippen LogP contribution in [0, 0.1) is 0 Å². The van der Waals surface area contributed by atoms with E-state index in [4.69, 9.17) is 25.8 Å². The van der Waals surface area contributed by atoms with Gasteiger partial charge in [-0.1, -0.05) is 72.3 Å². The highest BCUT2D eigenvalue weighted by Gasteiger charge is 2.21. The van der Waals surface area contributed by atoms with Gasteiger partial charge in [0.05, 0.1) is 19.8 Å². The fourth-order valence-electron chi connectivity index (χ4n) is 2.00. The van der Waals surface area contributed by atoms with E-state index in [1.54, 1.807) is 7.11 Å². The van der Waals surface area contributed by atoms with Crippen molar-refractivity contribution in [3.05, 3.63) is 71.8 Å². The number of rotatable bonds is 9. The normalized spacial score (nSPS) is 13.7. The number of benzene rings is 2. The van der Waals surface area contributed by atoms with E-state index in [0.717, 1.165) is 11.1 Å². The molecule has 2 unspecified atom stereocenters. The summed E-state index contributed by atoms with van der Waals surface area (Å²) in [7, 11) is 1.62. The van der Waals surface area contributed by atoms with Gasteiger partial charge in [-0.3, -0.25) is 0 Å². The Labute approximate surface area is 136 Å². The van der Waals surface area contributed by atoms with Gasteiger partial charge < -0.3 is 14.2 Å². The van der Waals surface area contributed by atoms with Gasteiger partial charge in [-0.25, -0.2) is 0 Å². The van der Waals surface area contributed by atoms with Crippen LogP contribution in [0.1, 0.15) is 11.1 Å². The minimum atomic E-state index is -0.566. The second-order valence-electron chi connectivity index (χ2n) is 4.94. The van der Waals surface area contributed by atoms with Crippen molar-refractivity contribution in [1.82, 2.24) is 0 Å². The zero-order chi connectivity index (χ0) is 15.6. The Kier molecular flexibility index (Phi) is 7.40. The van der Waals surface area contributed by atoms with Gasteiger partial charge in [-0.2, -0.15) is 0 Å². The Bertz CT molecular complexity index is 518. The summed E-state index contributed by atoms with van der Waals surface area (Å²) in [5.74, 6) is 0. The fourth-order valence-corrected chi connectivity index (χ4v) is 2.21. The predicted octanol–water partition coefficient (Wildman–Crippen LogP) is 4.00. The summed E-state index contributed by atoms with van der Waals surface area (Å²) in [5.41, 5.74) is 1.60. The predicted molar refractivity (Wildman–Crippen MR) is 87.8 cm³/mol. The minimum absolute atomic E-state index is 0.324. The van der Waals surface area contributed by atoms with Gasteiger partial charge in [0.15, 0.2) is 5.56 Å². The van der Waals surface area contributed by atoms with Crippen LogP contribution in [0.3, 0.4) is 0 Å². The average molecular weight is 321 g/mol.